The first kappa shape index (κ1) is 13.4. The van der Waals surface area contributed by atoms with Gasteiger partial charge in [0.25, 0.3) is 0 Å². The molecule has 2 rings (SSSR count). The monoisotopic (exact) mass is 249 g/mol. The molecule has 3 heteroatoms. The summed E-state index contributed by atoms with van der Waals surface area (Å²) in [6.07, 6.45) is 2.30. The average molecular weight is 249 g/mol. The van der Waals surface area contributed by atoms with Crippen LogP contribution in [0.15, 0.2) is 24.3 Å². The molecule has 1 N–H and O–H groups in total. The molecular formula is C15H23NO2. The summed E-state index contributed by atoms with van der Waals surface area (Å²) in [5.41, 5.74) is 1.31. The Kier molecular flexibility index (Phi) is 5.49. The Morgan fingerprint density at radius 1 is 1.33 bits per heavy atom. The molecule has 0 bridgehead atoms. The lowest BCUT2D eigenvalue weighted by Crippen LogP contribution is -2.14. The zero-order valence-electron chi connectivity index (χ0n) is 11.2. The van der Waals surface area contributed by atoms with Crippen LogP contribution in [0.4, 0.5) is 0 Å². The minimum absolute atomic E-state index is 0.566. The van der Waals surface area contributed by atoms with E-state index in [1.54, 1.807) is 0 Å². The number of rotatable bonds is 7. The molecule has 1 aromatic carbocycles. The third-order valence-corrected chi connectivity index (χ3v) is 3.19. The molecule has 1 aliphatic rings. The van der Waals surface area contributed by atoms with Crippen LogP contribution in [0.3, 0.4) is 0 Å². The van der Waals surface area contributed by atoms with Crippen LogP contribution < -0.4 is 10.1 Å². The average Bonchev–Trinajstić information content (AvgIpc) is 2.91. The summed E-state index contributed by atoms with van der Waals surface area (Å²) in [4.78, 5) is 0. The first-order valence-electron chi connectivity index (χ1n) is 6.88. The second-order valence-corrected chi connectivity index (χ2v) is 4.86. The van der Waals surface area contributed by atoms with Gasteiger partial charge < -0.3 is 14.8 Å². The summed E-state index contributed by atoms with van der Waals surface area (Å²) in [7, 11) is 0. The van der Waals surface area contributed by atoms with Gasteiger partial charge in [-0.3, -0.25) is 0 Å². The van der Waals surface area contributed by atoms with Crippen LogP contribution in [-0.2, 0) is 11.3 Å². The van der Waals surface area contributed by atoms with E-state index in [4.69, 9.17) is 9.47 Å². The van der Waals surface area contributed by atoms with E-state index in [2.05, 4.69) is 36.5 Å². The van der Waals surface area contributed by atoms with Crippen LogP contribution in [0.2, 0.25) is 0 Å². The predicted octanol–water partition coefficient (Wildman–Crippen LogP) is 2.60. The van der Waals surface area contributed by atoms with Gasteiger partial charge in [0.15, 0.2) is 0 Å². The molecule has 1 fully saturated rings. The second kappa shape index (κ2) is 7.39. The smallest absolute Gasteiger partial charge is 0.119 e. The van der Waals surface area contributed by atoms with Gasteiger partial charge >= 0.3 is 0 Å². The van der Waals surface area contributed by atoms with Crippen LogP contribution in [0, 0.1) is 5.92 Å². The summed E-state index contributed by atoms with van der Waals surface area (Å²) >= 11 is 0. The maximum atomic E-state index is 5.77. The highest BCUT2D eigenvalue weighted by atomic mass is 16.5. The van der Waals surface area contributed by atoms with Crippen molar-refractivity contribution in [3.63, 3.8) is 0 Å². The highest BCUT2D eigenvalue weighted by molar-refractivity contribution is 5.27. The summed E-state index contributed by atoms with van der Waals surface area (Å²) < 4.78 is 11.1. The van der Waals surface area contributed by atoms with Crippen LogP contribution >= 0.6 is 0 Å². The summed E-state index contributed by atoms with van der Waals surface area (Å²) in [6, 6.07) is 8.36. The van der Waals surface area contributed by atoms with Crippen LogP contribution in [-0.4, -0.2) is 26.4 Å². The van der Waals surface area contributed by atoms with Crippen molar-refractivity contribution in [1.82, 2.24) is 5.32 Å². The summed E-state index contributed by atoms with van der Waals surface area (Å²) in [5, 5.41) is 3.39. The maximum absolute atomic E-state index is 5.77. The fourth-order valence-corrected chi connectivity index (χ4v) is 2.04. The fraction of sp³-hybridized carbons (Fsp3) is 0.600. The van der Waals surface area contributed by atoms with Crippen LogP contribution in [0.5, 0.6) is 5.75 Å². The Balaban J connectivity index is 1.72. The molecule has 1 heterocycles. The molecule has 100 valence electrons. The fourth-order valence-electron chi connectivity index (χ4n) is 2.04. The molecule has 0 aliphatic carbocycles. The number of hydrogen-bond donors (Lipinski definition) is 1. The SMILES string of the molecule is CCCNCc1ccc(OCC2CCOC2)cc1. The Labute approximate surface area is 109 Å². The Bertz CT molecular complexity index is 331. The van der Waals surface area contributed by atoms with Gasteiger partial charge in [-0.2, -0.15) is 0 Å². The summed E-state index contributed by atoms with van der Waals surface area (Å²) in [6.45, 7) is 6.68. The summed E-state index contributed by atoms with van der Waals surface area (Å²) in [5.74, 6) is 1.53. The Morgan fingerprint density at radius 2 is 2.17 bits per heavy atom. The van der Waals surface area contributed by atoms with E-state index in [9.17, 15) is 0 Å². The second-order valence-electron chi connectivity index (χ2n) is 4.86. The molecule has 1 aromatic rings. The molecule has 0 aromatic heterocycles. The van der Waals surface area contributed by atoms with Crippen molar-refractivity contribution in [2.24, 2.45) is 5.92 Å². The van der Waals surface area contributed by atoms with Gasteiger partial charge in [-0.15, -0.1) is 0 Å². The van der Waals surface area contributed by atoms with Gasteiger partial charge in [0, 0.05) is 19.1 Å². The number of ether oxygens (including phenoxy) is 2. The molecule has 0 amide bonds. The van der Waals surface area contributed by atoms with Gasteiger partial charge in [0.05, 0.1) is 13.2 Å². The van der Waals surface area contributed by atoms with E-state index in [0.717, 1.165) is 45.1 Å². The van der Waals surface area contributed by atoms with Crippen molar-refractivity contribution in [2.75, 3.05) is 26.4 Å². The highest BCUT2D eigenvalue weighted by Gasteiger charge is 2.15. The molecule has 3 nitrogen and oxygen atoms in total. The lowest BCUT2D eigenvalue weighted by Gasteiger charge is -2.11. The van der Waals surface area contributed by atoms with E-state index in [-0.39, 0.29) is 0 Å². The van der Waals surface area contributed by atoms with Crippen molar-refractivity contribution in [1.29, 1.82) is 0 Å². The quantitative estimate of drug-likeness (QED) is 0.753. The molecule has 0 radical (unpaired) electrons. The minimum Gasteiger partial charge on any atom is -0.493 e. The van der Waals surface area contributed by atoms with Crippen molar-refractivity contribution in [3.05, 3.63) is 29.8 Å². The first-order chi connectivity index (χ1) is 8.88. The molecule has 1 saturated heterocycles. The lowest BCUT2D eigenvalue weighted by molar-refractivity contribution is 0.167. The van der Waals surface area contributed by atoms with Gasteiger partial charge in [-0.05, 0) is 37.1 Å². The van der Waals surface area contributed by atoms with Crippen molar-refractivity contribution in [2.45, 2.75) is 26.3 Å². The van der Waals surface area contributed by atoms with E-state index >= 15 is 0 Å². The van der Waals surface area contributed by atoms with Gasteiger partial charge in [-0.25, -0.2) is 0 Å². The minimum atomic E-state index is 0.566. The molecular weight excluding hydrogens is 226 g/mol. The Morgan fingerprint density at radius 3 is 2.83 bits per heavy atom. The molecule has 0 saturated carbocycles. The lowest BCUT2D eigenvalue weighted by atomic mass is 10.1. The molecule has 18 heavy (non-hydrogen) atoms. The molecule has 1 atom stereocenters. The normalized spacial score (nSPS) is 19.1. The van der Waals surface area contributed by atoms with Gasteiger partial charge in [-0.1, -0.05) is 19.1 Å². The van der Waals surface area contributed by atoms with E-state index < -0.39 is 0 Å². The van der Waals surface area contributed by atoms with E-state index in [1.165, 1.54) is 12.0 Å². The van der Waals surface area contributed by atoms with E-state index in [1.807, 2.05) is 0 Å². The third-order valence-electron chi connectivity index (χ3n) is 3.19. The van der Waals surface area contributed by atoms with Crippen LogP contribution in [0.25, 0.3) is 0 Å². The highest BCUT2D eigenvalue weighted by Crippen LogP contribution is 2.17. The largest absolute Gasteiger partial charge is 0.493 e. The number of hydrogen-bond acceptors (Lipinski definition) is 3. The molecule has 1 unspecified atom stereocenters. The zero-order chi connectivity index (χ0) is 12.6. The standard InChI is InChI=1S/C15H23NO2/c1-2-8-16-10-13-3-5-15(6-4-13)18-12-14-7-9-17-11-14/h3-6,14,16H,2,7-12H2,1H3. The molecule has 1 aliphatic heterocycles. The van der Waals surface area contributed by atoms with Crippen molar-refractivity contribution >= 4 is 0 Å². The third kappa shape index (κ3) is 4.31. The topological polar surface area (TPSA) is 30.5 Å². The maximum Gasteiger partial charge on any atom is 0.119 e. The van der Waals surface area contributed by atoms with Crippen molar-refractivity contribution in [3.8, 4) is 5.75 Å². The number of nitrogens with one attached hydrogen (secondary N) is 1. The van der Waals surface area contributed by atoms with Gasteiger partial charge in [0.1, 0.15) is 5.75 Å². The van der Waals surface area contributed by atoms with E-state index in [0.29, 0.717) is 5.92 Å². The first-order valence-corrected chi connectivity index (χ1v) is 6.88. The van der Waals surface area contributed by atoms with Crippen molar-refractivity contribution < 1.29 is 9.47 Å². The zero-order valence-corrected chi connectivity index (χ0v) is 11.2. The molecule has 0 spiro atoms. The Hall–Kier alpha value is -1.06. The predicted molar refractivity (Wildman–Crippen MR) is 72.9 cm³/mol. The van der Waals surface area contributed by atoms with Crippen LogP contribution in [0.1, 0.15) is 25.3 Å². The van der Waals surface area contributed by atoms with Gasteiger partial charge in [0.2, 0.25) is 0 Å². The number of benzene rings is 1.